The van der Waals surface area contributed by atoms with Gasteiger partial charge in [0.2, 0.25) is 17.7 Å². The molecule has 0 fully saturated rings. The molecule has 3 N–H and O–H groups in total. The molecule has 2 atom stereocenters. The van der Waals surface area contributed by atoms with Crippen molar-refractivity contribution in [2.45, 2.75) is 46.1 Å². The van der Waals surface area contributed by atoms with Gasteiger partial charge in [-0.05, 0) is 55.5 Å². The lowest BCUT2D eigenvalue weighted by atomic mass is 9.72. The van der Waals surface area contributed by atoms with E-state index in [2.05, 4.69) is 28.1 Å². The molecule has 3 rings (SSSR count). The molecule has 1 aliphatic rings. The molecule has 0 radical (unpaired) electrons. The lowest BCUT2D eigenvalue weighted by Crippen LogP contribution is -2.40. The highest BCUT2D eigenvalue weighted by molar-refractivity contribution is 5.99. The largest absolute Gasteiger partial charge is 0.345 e. The van der Waals surface area contributed by atoms with E-state index < -0.39 is 11.5 Å². The van der Waals surface area contributed by atoms with Gasteiger partial charge in [0.25, 0.3) is 0 Å². The Morgan fingerprint density at radius 1 is 0.966 bits per heavy atom. The highest BCUT2D eigenvalue weighted by Crippen LogP contribution is 2.36. The molecule has 152 valence electrons. The number of benzene rings is 2. The van der Waals surface area contributed by atoms with E-state index >= 15 is 0 Å². The summed E-state index contributed by atoms with van der Waals surface area (Å²) in [5.74, 6) is -0.613. The summed E-state index contributed by atoms with van der Waals surface area (Å²) in [6, 6.07) is 14.6. The monoisotopic (exact) mass is 393 g/mol. The van der Waals surface area contributed by atoms with Crippen molar-refractivity contribution in [3.8, 4) is 0 Å². The Labute approximate surface area is 171 Å². The van der Waals surface area contributed by atoms with Crippen LogP contribution in [0.2, 0.25) is 0 Å². The zero-order chi connectivity index (χ0) is 21.0. The molecule has 0 aliphatic heterocycles. The molecular formula is C23H27N3O3. The van der Waals surface area contributed by atoms with Crippen LogP contribution in [0.15, 0.2) is 48.5 Å². The zero-order valence-electron chi connectivity index (χ0n) is 17.0. The summed E-state index contributed by atoms with van der Waals surface area (Å²) in [6.07, 6.45) is 2.39. The molecule has 1 unspecified atom stereocenters. The van der Waals surface area contributed by atoms with Crippen molar-refractivity contribution in [2.24, 2.45) is 5.41 Å². The molecule has 0 bridgehead atoms. The molecule has 0 saturated carbocycles. The summed E-state index contributed by atoms with van der Waals surface area (Å²) in [5, 5.41) is 8.30. The summed E-state index contributed by atoms with van der Waals surface area (Å²) in [4.78, 5) is 36.3. The molecule has 6 heteroatoms. The van der Waals surface area contributed by atoms with Crippen LogP contribution in [0.25, 0.3) is 0 Å². The van der Waals surface area contributed by atoms with E-state index in [0.29, 0.717) is 17.8 Å². The summed E-state index contributed by atoms with van der Waals surface area (Å²) >= 11 is 0. The third-order valence-electron chi connectivity index (χ3n) is 5.39. The first-order valence-corrected chi connectivity index (χ1v) is 9.83. The Balaban J connectivity index is 1.66. The number of rotatable bonds is 5. The molecule has 0 spiro atoms. The van der Waals surface area contributed by atoms with Gasteiger partial charge in [0.05, 0.1) is 5.41 Å². The maximum absolute atomic E-state index is 13.0. The minimum absolute atomic E-state index is 0.0258. The van der Waals surface area contributed by atoms with Gasteiger partial charge in [0.1, 0.15) is 6.04 Å². The first-order valence-electron chi connectivity index (χ1n) is 9.83. The topological polar surface area (TPSA) is 87.3 Å². The second-order valence-corrected chi connectivity index (χ2v) is 7.95. The van der Waals surface area contributed by atoms with Gasteiger partial charge in [-0.2, -0.15) is 0 Å². The molecule has 2 aromatic rings. The average molecular weight is 393 g/mol. The summed E-state index contributed by atoms with van der Waals surface area (Å²) in [5.41, 5.74) is 3.25. The van der Waals surface area contributed by atoms with Crippen molar-refractivity contribution in [1.82, 2.24) is 5.32 Å². The number of nitrogens with one attached hydrogen (secondary N) is 3. The summed E-state index contributed by atoms with van der Waals surface area (Å²) in [7, 11) is 0. The van der Waals surface area contributed by atoms with Crippen molar-refractivity contribution in [3.63, 3.8) is 0 Å². The van der Waals surface area contributed by atoms with Gasteiger partial charge >= 0.3 is 0 Å². The van der Waals surface area contributed by atoms with E-state index in [0.717, 1.165) is 12.8 Å². The summed E-state index contributed by atoms with van der Waals surface area (Å²) in [6.45, 7) is 4.98. The number of aryl methyl sites for hydroxylation is 1. The van der Waals surface area contributed by atoms with Crippen molar-refractivity contribution < 1.29 is 14.4 Å². The van der Waals surface area contributed by atoms with Crippen molar-refractivity contribution in [2.75, 3.05) is 10.6 Å². The van der Waals surface area contributed by atoms with Crippen LogP contribution < -0.4 is 16.0 Å². The fraction of sp³-hybridized carbons (Fsp3) is 0.348. The smallest absolute Gasteiger partial charge is 0.246 e. The Morgan fingerprint density at radius 2 is 1.62 bits per heavy atom. The van der Waals surface area contributed by atoms with E-state index in [4.69, 9.17) is 0 Å². The number of hydrogen-bond acceptors (Lipinski definition) is 3. The normalized spacial score (nSPS) is 18.9. The van der Waals surface area contributed by atoms with Crippen LogP contribution in [0.1, 0.15) is 38.3 Å². The van der Waals surface area contributed by atoms with Crippen LogP contribution in [0, 0.1) is 5.41 Å². The average Bonchev–Trinajstić information content (AvgIpc) is 2.67. The lowest BCUT2D eigenvalue weighted by Gasteiger charge is -2.33. The number of anilines is 2. The van der Waals surface area contributed by atoms with Crippen LogP contribution in [0.3, 0.4) is 0 Å². The standard InChI is InChI=1S/C23H27N3O3/c1-15(24-16(2)27)21(28)25-19-9-6-10-20(13-19)26-22(29)23(3)12-11-17-7-4-5-8-18(17)14-23/h4-10,13,15H,11-12,14H2,1-3H3,(H,24,27)(H,25,28)(H,26,29)/t15-,23?/m1/s1. The SMILES string of the molecule is CC(=O)N[C@H](C)C(=O)Nc1cccc(NC(=O)C2(C)CCc3ccccc3C2)c1. The number of hydrogen-bond donors (Lipinski definition) is 3. The van der Waals surface area contributed by atoms with Gasteiger partial charge in [-0.1, -0.05) is 37.3 Å². The number of amides is 3. The third kappa shape index (κ3) is 5.02. The van der Waals surface area contributed by atoms with Gasteiger partial charge in [-0.3, -0.25) is 14.4 Å². The van der Waals surface area contributed by atoms with Gasteiger partial charge in [-0.15, -0.1) is 0 Å². The van der Waals surface area contributed by atoms with Gasteiger partial charge in [0.15, 0.2) is 0 Å². The first-order chi connectivity index (χ1) is 13.8. The Bertz CT molecular complexity index is 940. The number of carbonyl (C=O) groups excluding carboxylic acids is 3. The Morgan fingerprint density at radius 3 is 2.31 bits per heavy atom. The molecule has 3 amide bonds. The molecule has 29 heavy (non-hydrogen) atoms. The van der Waals surface area contributed by atoms with E-state index in [-0.39, 0.29) is 17.7 Å². The highest BCUT2D eigenvalue weighted by atomic mass is 16.2. The predicted molar refractivity (Wildman–Crippen MR) is 114 cm³/mol. The highest BCUT2D eigenvalue weighted by Gasteiger charge is 2.36. The molecule has 0 heterocycles. The molecule has 6 nitrogen and oxygen atoms in total. The molecule has 1 aliphatic carbocycles. The van der Waals surface area contributed by atoms with E-state index in [9.17, 15) is 14.4 Å². The maximum Gasteiger partial charge on any atom is 0.246 e. The minimum atomic E-state index is -0.646. The number of fused-ring (bicyclic) bond motifs is 1. The van der Waals surface area contributed by atoms with Crippen LogP contribution in [-0.2, 0) is 27.2 Å². The molecule has 0 saturated heterocycles. The van der Waals surface area contributed by atoms with Gasteiger partial charge in [0, 0.05) is 18.3 Å². The fourth-order valence-electron chi connectivity index (χ4n) is 3.66. The van der Waals surface area contributed by atoms with E-state index in [1.54, 1.807) is 31.2 Å². The molecular weight excluding hydrogens is 366 g/mol. The number of carbonyl (C=O) groups is 3. The second kappa shape index (κ2) is 8.47. The van der Waals surface area contributed by atoms with Crippen molar-refractivity contribution in [1.29, 1.82) is 0 Å². The van der Waals surface area contributed by atoms with Crippen molar-refractivity contribution >= 4 is 29.1 Å². The Kier molecular flexibility index (Phi) is 6.01. The van der Waals surface area contributed by atoms with E-state index in [1.165, 1.54) is 18.1 Å². The fourth-order valence-corrected chi connectivity index (χ4v) is 3.66. The minimum Gasteiger partial charge on any atom is -0.345 e. The molecule has 2 aromatic carbocycles. The van der Waals surface area contributed by atoms with E-state index in [1.807, 2.05) is 19.1 Å². The van der Waals surface area contributed by atoms with Crippen LogP contribution in [0.4, 0.5) is 11.4 Å². The Hall–Kier alpha value is -3.15. The zero-order valence-corrected chi connectivity index (χ0v) is 17.0. The molecule has 0 aromatic heterocycles. The quantitative estimate of drug-likeness (QED) is 0.728. The summed E-state index contributed by atoms with van der Waals surface area (Å²) < 4.78 is 0. The second-order valence-electron chi connectivity index (χ2n) is 7.95. The van der Waals surface area contributed by atoms with Crippen LogP contribution in [-0.4, -0.2) is 23.8 Å². The van der Waals surface area contributed by atoms with Crippen LogP contribution >= 0.6 is 0 Å². The van der Waals surface area contributed by atoms with Gasteiger partial charge in [-0.25, -0.2) is 0 Å². The first kappa shape index (κ1) is 20.6. The predicted octanol–water partition coefficient (Wildman–Crippen LogP) is 3.28. The lowest BCUT2D eigenvalue weighted by molar-refractivity contribution is -0.125. The van der Waals surface area contributed by atoms with Crippen LogP contribution in [0.5, 0.6) is 0 Å². The van der Waals surface area contributed by atoms with Gasteiger partial charge < -0.3 is 16.0 Å². The van der Waals surface area contributed by atoms with Crippen molar-refractivity contribution in [3.05, 3.63) is 59.7 Å². The third-order valence-corrected chi connectivity index (χ3v) is 5.39. The maximum atomic E-state index is 13.0.